The van der Waals surface area contributed by atoms with E-state index in [1.165, 1.54) is 6.42 Å². The predicted octanol–water partition coefficient (Wildman–Crippen LogP) is 4.42. The lowest BCUT2D eigenvalue weighted by Gasteiger charge is -2.31. The van der Waals surface area contributed by atoms with Crippen molar-refractivity contribution in [3.05, 3.63) is 48.5 Å². The number of rotatable bonds is 6. The molecule has 138 valence electrons. The molecule has 0 atom stereocenters. The summed E-state index contributed by atoms with van der Waals surface area (Å²) in [6, 6.07) is 15.9. The van der Waals surface area contributed by atoms with Crippen molar-refractivity contribution in [3.8, 4) is 16.9 Å². The van der Waals surface area contributed by atoms with Crippen LogP contribution in [0.4, 0.5) is 5.69 Å². The van der Waals surface area contributed by atoms with Crippen molar-refractivity contribution in [2.45, 2.75) is 26.2 Å². The topological polar surface area (TPSA) is 41.6 Å². The lowest BCUT2D eigenvalue weighted by molar-refractivity contribution is -0.121. The summed E-state index contributed by atoms with van der Waals surface area (Å²) in [6.07, 6.45) is 3.05. The molecule has 0 unspecified atom stereocenters. The highest BCUT2D eigenvalue weighted by Crippen LogP contribution is 2.31. The van der Waals surface area contributed by atoms with Crippen molar-refractivity contribution in [2.75, 3.05) is 32.1 Å². The molecule has 1 heterocycles. The summed E-state index contributed by atoms with van der Waals surface area (Å²) in [5.41, 5.74) is 2.92. The molecule has 26 heavy (non-hydrogen) atoms. The van der Waals surface area contributed by atoms with Gasteiger partial charge in [0.15, 0.2) is 0 Å². The quantitative estimate of drug-likeness (QED) is 0.836. The van der Waals surface area contributed by atoms with Crippen LogP contribution in [-0.4, -0.2) is 37.6 Å². The van der Waals surface area contributed by atoms with Crippen LogP contribution in [0.5, 0.6) is 5.75 Å². The van der Waals surface area contributed by atoms with Gasteiger partial charge in [-0.3, -0.25) is 4.79 Å². The van der Waals surface area contributed by atoms with Crippen LogP contribution < -0.4 is 10.1 Å². The minimum absolute atomic E-state index is 0.0986. The maximum Gasteiger partial charge on any atom is 0.227 e. The van der Waals surface area contributed by atoms with E-state index in [-0.39, 0.29) is 11.8 Å². The van der Waals surface area contributed by atoms with Gasteiger partial charge >= 0.3 is 0 Å². The smallest absolute Gasteiger partial charge is 0.227 e. The van der Waals surface area contributed by atoms with Crippen molar-refractivity contribution in [1.29, 1.82) is 0 Å². The highest BCUT2D eigenvalue weighted by Gasteiger charge is 2.25. The number of anilines is 1. The Labute approximate surface area is 156 Å². The molecule has 0 spiro atoms. The molecule has 1 aliphatic rings. The number of ether oxygens (including phenoxy) is 1. The average Bonchev–Trinajstić information content (AvgIpc) is 2.69. The molecule has 2 aromatic rings. The molecule has 0 aliphatic carbocycles. The Balaban J connectivity index is 1.71. The maximum absolute atomic E-state index is 12.8. The maximum atomic E-state index is 12.8. The molecular formula is C22H28N2O2. The van der Waals surface area contributed by atoms with Crippen LogP contribution in [0.25, 0.3) is 11.1 Å². The second kappa shape index (κ2) is 8.86. The largest absolute Gasteiger partial charge is 0.497 e. The Kier molecular flexibility index (Phi) is 6.29. The summed E-state index contributed by atoms with van der Waals surface area (Å²) in [7, 11) is 1.66. The number of hydrogen-bond donors (Lipinski definition) is 1. The summed E-state index contributed by atoms with van der Waals surface area (Å²) < 4.78 is 5.33. The number of nitrogens with one attached hydrogen (secondary N) is 1. The first-order chi connectivity index (χ1) is 12.7. The van der Waals surface area contributed by atoms with Crippen LogP contribution in [0.2, 0.25) is 0 Å². The molecule has 4 heteroatoms. The molecule has 0 aromatic heterocycles. The van der Waals surface area contributed by atoms with E-state index in [1.807, 2.05) is 48.5 Å². The average molecular weight is 352 g/mol. The molecule has 2 aromatic carbocycles. The fourth-order valence-electron chi connectivity index (χ4n) is 3.60. The van der Waals surface area contributed by atoms with Gasteiger partial charge in [0.05, 0.1) is 7.11 Å². The van der Waals surface area contributed by atoms with Crippen LogP contribution in [0, 0.1) is 5.92 Å². The number of para-hydroxylation sites is 1. The summed E-state index contributed by atoms with van der Waals surface area (Å²) in [6.45, 7) is 5.37. The van der Waals surface area contributed by atoms with E-state index in [0.29, 0.717) is 0 Å². The Hall–Kier alpha value is -2.33. The lowest BCUT2D eigenvalue weighted by Crippen LogP contribution is -2.38. The predicted molar refractivity (Wildman–Crippen MR) is 107 cm³/mol. The summed E-state index contributed by atoms with van der Waals surface area (Å²) in [4.78, 5) is 15.2. The number of benzene rings is 2. The molecular weight excluding hydrogens is 324 g/mol. The van der Waals surface area contributed by atoms with Gasteiger partial charge in [0.2, 0.25) is 5.91 Å². The summed E-state index contributed by atoms with van der Waals surface area (Å²) >= 11 is 0. The van der Waals surface area contributed by atoms with Crippen LogP contribution >= 0.6 is 0 Å². The van der Waals surface area contributed by atoms with Gasteiger partial charge in [-0.1, -0.05) is 37.3 Å². The fraction of sp³-hybridized carbons (Fsp3) is 0.409. The third kappa shape index (κ3) is 4.44. The molecule has 1 aliphatic heterocycles. The van der Waals surface area contributed by atoms with Gasteiger partial charge in [-0.05, 0) is 62.7 Å². The SMILES string of the molecule is CCCN1CCC(C(=O)Nc2ccccc2-c2cccc(OC)c2)CC1. The Bertz CT molecular complexity index is 736. The lowest BCUT2D eigenvalue weighted by atomic mass is 9.95. The zero-order chi connectivity index (χ0) is 18.4. The van der Waals surface area contributed by atoms with E-state index in [4.69, 9.17) is 4.74 Å². The van der Waals surface area contributed by atoms with Crippen molar-refractivity contribution in [3.63, 3.8) is 0 Å². The Morgan fingerprint density at radius 2 is 1.92 bits per heavy atom. The molecule has 0 radical (unpaired) electrons. The first kappa shape index (κ1) is 18.5. The number of likely N-dealkylation sites (tertiary alicyclic amines) is 1. The zero-order valence-electron chi connectivity index (χ0n) is 15.7. The van der Waals surface area contributed by atoms with Crippen molar-refractivity contribution in [1.82, 2.24) is 4.90 Å². The number of nitrogens with zero attached hydrogens (tertiary/aromatic N) is 1. The van der Waals surface area contributed by atoms with Crippen molar-refractivity contribution >= 4 is 11.6 Å². The molecule has 1 fully saturated rings. The zero-order valence-corrected chi connectivity index (χ0v) is 15.7. The van der Waals surface area contributed by atoms with E-state index in [9.17, 15) is 4.79 Å². The molecule has 3 rings (SSSR count). The van der Waals surface area contributed by atoms with Gasteiger partial charge in [-0.15, -0.1) is 0 Å². The normalized spacial score (nSPS) is 15.6. The molecule has 0 saturated carbocycles. The summed E-state index contributed by atoms with van der Waals surface area (Å²) in [5, 5.41) is 3.16. The minimum atomic E-state index is 0.0986. The fourth-order valence-corrected chi connectivity index (χ4v) is 3.60. The number of methoxy groups -OCH3 is 1. The van der Waals surface area contributed by atoms with E-state index in [2.05, 4.69) is 17.1 Å². The van der Waals surface area contributed by atoms with E-state index in [1.54, 1.807) is 7.11 Å². The first-order valence-corrected chi connectivity index (χ1v) is 9.48. The van der Waals surface area contributed by atoms with E-state index < -0.39 is 0 Å². The van der Waals surface area contributed by atoms with E-state index >= 15 is 0 Å². The highest BCUT2D eigenvalue weighted by molar-refractivity contribution is 5.96. The van der Waals surface area contributed by atoms with Gasteiger partial charge in [0.25, 0.3) is 0 Å². The van der Waals surface area contributed by atoms with Crippen molar-refractivity contribution in [2.24, 2.45) is 5.92 Å². The third-order valence-electron chi connectivity index (χ3n) is 5.06. The molecule has 1 saturated heterocycles. The van der Waals surface area contributed by atoms with Crippen LogP contribution in [0.3, 0.4) is 0 Å². The van der Waals surface area contributed by atoms with Crippen LogP contribution in [0.15, 0.2) is 48.5 Å². The minimum Gasteiger partial charge on any atom is -0.497 e. The molecule has 0 bridgehead atoms. The second-order valence-electron chi connectivity index (χ2n) is 6.88. The number of carbonyl (C=O) groups excluding carboxylic acids is 1. The van der Waals surface area contributed by atoms with Gasteiger partial charge in [0, 0.05) is 17.2 Å². The Morgan fingerprint density at radius 3 is 2.65 bits per heavy atom. The monoisotopic (exact) mass is 352 g/mol. The number of amides is 1. The number of piperidine rings is 1. The van der Waals surface area contributed by atoms with E-state index in [0.717, 1.165) is 55.0 Å². The second-order valence-corrected chi connectivity index (χ2v) is 6.88. The Morgan fingerprint density at radius 1 is 1.15 bits per heavy atom. The number of carbonyl (C=O) groups is 1. The highest BCUT2D eigenvalue weighted by atomic mass is 16.5. The van der Waals surface area contributed by atoms with Gasteiger partial charge < -0.3 is 15.0 Å². The van der Waals surface area contributed by atoms with Gasteiger partial charge in [-0.2, -0.15) is 0 Å². The van der Waals surface area contributed by atoms with Crippen LogP contribution in [-0.2, 0) is 4.79 Å². The molecule has 1 N–H and O–H groups in total. The molecule has 1 amide bonds. The van der Waals surface area contributed by atoms with Crippen LogP contribution in [0.1, 0.15) is 26.2 Å². The third-order valence-corrected chi connectivity index (χ3v) is 5.06. The standard InChI is InChI=1S/C22H28N2O2/c1-3-13-24-14-11-17(12-15-24)22(25)23-21-10-5-4-9-20(21)18-7-6-8-19(16-18)26-2/h4-10,16-17H,3,11-15H2,1-2H3,(H,23,25). The summed E-state index contributed by atoms with van der Waals surface area (Å²) in [5.74, 6) is 1.05. The first-order valence-electron chi connectivity index (χ1n) is 9.48. The van der Waals surface area contributed by atoms with Crippen molar-refractivity contribution < 1.29 is 9.53 Å². The van der Waals surface area contributed by atoms with Gasteiger partial charge in [-0.25, -0.2) is 0 Å². The number of hydrogen-bond acceptors (Lipinski definition) is 3. The van der Waals surface area contributed by atoms with Gasteiger partial charge in [0.1, 0.15) is 5.75 Å². The molecule has 4 nitrogen and oxygen atoms in total.